The minimum Gasteiger partial charge on any atom is -0.493 e. The molecule has 1 heterocycles. The zero-order valence-electron chi connectivity index (χ0n) is 17.3. The zero-order chi connectivity index (χ0) is 22.2. The maximum absolute atomic E-state index is 12.3. The fourth-order valence-corrected chi connectivity index (χ4v) is 3.21. The molecule has 0 radical (unpaired) electrons. The number of carbonyl (C=O) groups excluding carboxylic acids is 4. The summed E-state index contributed by atoms with van der Waals surface area (Å²) in [5, 5.41) is 5.32. The van der Waals surface area contributed by atoms with Crippen molar-refractivity contribution < 1.29 is 23.9 Å². The third-order valence-corrected chi connectivity index (χ3v) is 4.85. The average molecular weight is 423 g/mol. The van der Waals surface area contributed by atoms with Crippen LogP contribution in [0.3, 0.4) is 0 Å². The number of hydrogen-bond acceptors (Lipinski definition) is 5. The molecule has 0 unspecified atom stereocenters. The molecule has 0 aromatic heterocycles. The number of fused-ring (bicyclic) bond motifs is 1. The highest BCUT2D eigenvalue weighted by molar-refractivity contribution is 6.22. The van der Waals surface area contributed by atoms with E-state index in [0.29, 0.717) is 30.6 Å². The van der Waals surface area contributed by atoms with E-state index in [-0.39, 0.29) is 25.5 Å². The monoisotopic (exact) mass is 423 g/mol. The minimum absolute atomic E-state index is 0.136. The highest BCUT2D eigenvalue weighted by Crippen LogP contribution is 2.21. The van der Waals surface area contributed by atoms with Gasteiger partial charge in [0.15, 0.2) is 0 Å². The van der Waals surface area contributed by atoms with Crippen molar-refractivity contribution in [2.75, 3.05) is 26.2 Å². The van der Waals surface area contributed by atoms with Crippen LogP contribution in [0.1, 0.15) is 39.1 Å². The van der Waals surface area contributed by atoms with E-state index in [1.807, 2.05) is 31.2 Å². The van der Waals surface area contributed by atoms with Gasteiger partial charge in [-0.3, -0.25) is 24.1 Å². The van der Waals surface area contributed by atoms with E-state index in [0.717, 1.165) is 16.2 Å². The number of ether oxygens (including phenoxy) is 1. The van der Waals surface area contributed by atoms with Crippen molar-refractivity contribution in [3.63, 3.8) is 0 Å². The molecule has 3 rings (SSSR count). The zero-order valence-corrected chi connectivity index (χ0v) is 17.3. The Hall–Kier alpha value is -3.68. The smallest absolute Gasteiger partial charge is 0.262 e. The molecule has 2 N–H and O–H groups in total. The van der Waals surface area contributed by atoms with Gasteiger partial charge in [-0.05, 0) is 37.1 Å². The maximum atomic E-state index is 12.3. The lowest BCUT2D eigenvalue weighted by Crippen LogP contribution is -2.42. The van der Waals surface area contributed by atoms with Gasteiger partial charge in [-0.2, -0.15) is 0 Å². The summed E-state index contributed by atoms with van der Waals surface area (Å²) in [6, 6.07) is 14.2. The van der Waals surface area contributed by atoms with E-state index >= 15 is 0 Å². The molecule has 0 aliphatic carbocycles. The van der Waals surface area contributed by atoms with Crippen LogP contribution in [0.2, 0.25) is 0 Å². The van der Waals surface area contributed by atoms with Crippen LogP contribution in [0.15, 0.2) is 48.5 Å². The largest absolute Gasteiger partial charge is 0.493 e. The van der Waals surface area contributed by atoms with Crippen molar-refractivity contribution in [3.8, 4) is 5.75 Å². The number of para-hydroxylation sites is 1. The minimum atomic E-state index is -0.475. The highest BCUT2D eigenvalue weighted by atomic mass is 16.5. The van der Waals surface area contributed by atoms with Crippen LogP contribution in [0.25, 0.3) is 0 Å². The van der Waals surface area contributed by atoms with E-state index in [9.17, 15) is 19.2 Å². The van der Waals surface area contributed by atoms with Gasteiger partial charge in [-0.1, -0.05) is 30.3 Å². The number of amides is 4. The molecule has 0 saturated carbocycles. The second kappa shape index (κ2) is 10.4. The van der Waals surface area contributed by atoms with Gasteiger partial charge < -0.3 is 15.4 Å². The molecule has 8 nitrogen and oxygen atoms in total. The molecule has 1 aliphatic rings. The quantitative estimate of drug-likeness (QED) is 0.447. The molecule has 31 heavy (non-hydrogen) atoms. The van der Waals surface area contributed by atoms with E-state index in [1.54, 1.807) is 24.3 Å². The van der Waals surface area contributed by atoms with Gasteiger partial charge >= 0.3 is 0 Å². The SMILES string of the molecule is Cc1ccccc1OCCCC(=O)NCCNC(=O)CN1C(=O)c2ccccc2C1=O. The van der Waals surface area contributed by atoms with Crippen molar-refractivity contribution in [1.82, 2.24) is 15.5 Å². The second-order valence-corrected chi connectivity index (χ2v) is 7.16. The van der Waals surface area contributed by atoms with Crippen LogP contribution in [0.4, 0.5) is 0 Å². The van der Waals surface area contributed by atoms with Crippen LogP contribution in [0.5, 0.6) is 5.75 Å². The average Bonchev–Trinajstić information content (AvgIpc) is 3.00. The Labute approximate surface area is 180 Å². The molecule has 162 valence electrons. The summed E-state index contributed by atoms with van der Waals surface area (Å²) in [5.74, 6) is -0.740. The van der Waals surface area contributed by atoms with E-state index in [4.69, 9.17) is 4.74 Å². The second-order valence-electron chi connectivity index (χ2n) is 7.16. The Morgan fingerprint density at radius 2 is 1.45 bits per heavy atom. The van der Waals surface area contributed by atoms with Crippen molar-refractivity contribution in [2.45, 2.75) is 19.8 Å². The first kappa shape index (κ1) is 22.0. The molecule has 0 atom stereocenters. The fraction of sp³-hybridized carbons (Fsp3) is 0.304. The van der Waals surface area contributed by atoms with Gasteiger partial charge in [-0.25, -0.2) is 0 Å². The molecule has 4 amide bonds. The molecular weight excluding hydrogens is 398 g/mol. The summed E-state index contributed by atoms with van der Waals surface area (Å²) in [6.45, 7) is 2.51. The summed E-state index contributed by atoms with van der Waals surface area (Å²) in [5.41, 5.74) is 1.65. The van der Waals surface area contributed by atoms with Gasteiger partial charge in [-0.15, -0.1) is 0 Å². The first-order valence-corrected chi connectivity index (χ1v) is 10.1. The van der Waals surface area contributed by atoms with Crippen LogP contribution in [-0.4, -0.2) is 54.8 Å². The van der Waals surface area contributed by atoms with Gasteiger partial charge in [0.05, 0.1) is 17.7 Å². The molecular formula is C23H25N3O5. The normalized spacial score (nSPS) is 12.5. The lowest BCUT2D eigenvalue weighted by Gasteiger charge is -2.14. The Kier molecular flexibility index (Phi) is 7.37. The molecule has 2 aromatic rings. The maximum Gasteiger partial charge on any atom is 0.262 e. The summed E-state index contributed by atoms with van der Waals surface area (Å²) < 4.78 is 5.65. The molecule has 1 aliphatic heterocycles. The van der Waals surface area contributed by atoms with Gasteiger partial charge in [0.2, 0.25) is 11.8 Å². The Morgan fingerprint density at radius 1 is 0.871 bits per heavy atom. The van der Waals surface area contributed by atoms with Gasteiger partial charge in [0.1, 0.15) is 12.3 Å². The van der Waals surface area contributed by atoms with E-state index in [1.165, 1.54) is 0 Å². The van der Waals surface area contributed by atoms with Crippen molar-refractivity contribution in [1.29, 1.82) is 0 Å². The standard InChI is InChI=1S/C23H25N3O5/c1-16-7-2-5-10-19(16)31-14-6-11-20(27)24-12-13-25-21(28)15-26-22(29)17-8-3-4-9-18(17)23(26)30/h2-5,7-10H,6,11-15H2,1H3,(H,24,27)(H,25,28). The summed E-state index contributed by atoms with van der Waals surface area (Å²) >= 11 is 0. The van der Waals surface area contributed by atoms with Gasteiger partial charge in [0.25, 0.3) is 11.8 Å². The molecule has 0 fully saturated rings. The Bertz CT molecular complexity index is 954. The Morgan fingerprint density at radius 3 is 2.10 bits per heavy atom. The first-order valence-electron chi connectivity index (χ1n) is 10.1. The summed E-state index contributed by atoms with van der Waals surface area (Å²) in [4.78, 5) is 49.4. The predicted octanol–water partition coefficient (Wildman–Crippen LogP) is 1.68. The Balaban J connectivity index is 1.29. The summed E-state index contributed by atoms with van der Waals surface area (Å²) in [7, 11) is 0. The molecule has 8 heteroatoms. The number of rotatable bonds is 10. The molecule has 2 aromatic carbocycles. The number of nitrogens with one attached hydrogen (secondary N) is 2. The lowest BCUT2D eigenvalue weighted by molar-refractivity contribution is -0.123. The van der Waals surface area contributed by atoms with Crippen molar-refractivity contribution in [2.24, 2.45) is 0 Å². The fourth-order valence-electron chi connectivity index (χ4n) is 3.21. The first-order chi connectivity index (χ1) is 15.0. The van der Waals surface area contributed by atoms with Crippen molar-refractivity contribution in [3.05, 3.63) is 65.2 Å². The number of imide groups is 1. The molecule has 0 spiro atoms. The van der Waals surface area contributed by atoms with Crippen LogP contribution >= 0.6 is 0 Å². The van der Waals surface area contributed by atoms with Gasteiger partial charge in [0, 0.05) is 19.5 Å². The highest BCUT2D eigenvalue weighted by Gasteiger charge is 2.36. The number of benzene rings is 2. The topological polar surface area (TPSA) is 105 Å². The number of aryl methyl sites for hydroxylation is 1. The third kappa shape index (κ3) is 5.69. The number of carbonyl (C=O) groups is 4. The number of nitrogens with zero attached hydrogens (tertiary/aromatic N) is 1. The van der Waals surface area contributed by atoms with Crippen LogP contribution in [-0.2, 0) is 9.59 Å². The van der Waals surface area contributed by atoms with Crippen LogP contribution < -0.4 is 15.4 Å². The summed E-state index contributed by atoms with van der Waals surface area (Å²) in [6.07, 6.45) is 0.890. The van der Waals surface area contributed by atoms with Crippen LogP contribution in [0, 0.1) is 6.92 Å². The molecule has 0 saturated heterocycles. The van der Waals surface area contributed by atoms with Crippen molar-refractivity contribution >= 4 is 23.6 Å². The van der Waals surface area contributed by atoms with E-state index < -0.39 is 17.7 Å². The number of hydrogen-bond donors (Lipinski definition) is 2. The van der Waals surface area contributed by atoms with E-state index in [2.05, 4.69) is 10.6 Å². The predicted molar refractivity (Wildman–Crippen MR) is 114 cm³/mol. The molecule has 0 bridgehead atoms. The third-order valence-electron chi connectivity index (χ3n) is 4.85. The lowest BCUT2D eigenvalue weighted by atomic mass is 10.1.